The van der Waals surface area contributed by atoms with Gasteiger partial charge in [-0.3, -0.25) is 0 Å². The molecule has 0 fully saturated rings. The third-order valence-corrected chi connectivity index (χ3v) is 14.4. The van der Waals surface area contributed by atoms with Crippen LogP contribution in [0.5, 0.6) is 5.75 Å². The molecule has 0 radical (unpaired) electrons. The minimum absolute atomic E-state index is 0.319. The summed E-state index contributed by atoms with van der Waals surface area (Å²) < 4.78 is 15.1. The number of allylic oxidation sites excluding steroid dienone is 12. The van der Waals surface area contributed by atoms with Gasteiger partial charge in [0.15, 0.2) is 11.6 Å². The number of aromatic nitrogens is 4. The van der Waals surface area contributed by atoms with Crippen molar-refractivity contribution in [1.82, 2.24) is 19.5 Å². The first-order chi connectivity index (χ1) is 37.0. The van der Waals surface area contributed by atoms with Crippen LogP contribution in [0.15, 0.2) is 243 Å². The second-order valence-corrected chi connectivity index (χ2v) is 19.0. The molecule has 6 nitrogen and oxygen atoms in total. The molecular formula is C69H54N4O2. The second kappa shape index (κ2) is 20.3. The van der Waals surface area contributed by atoms with E-state index in [2.05, 4.69) is 176 Å². The maximum atomic E-state index is 6.41. The van der Waals surface area contributed by atoms with Crippen molar-refractivity contribution in [2.45, 2.75) is 32.1 Å². The first-order valence-electron chi connectivity index (χ1n) is 25.6. The molecule has 2 aliphatic rings. The molecule has 1 atom stereocenters. The van der Waals surface area contributed by atoms with Gasteiger partial charge in [-0.2, -0.15) is 0 Å². The summed E-state index contributed by atoms with van der Waals surface area (Å²) in [5.74, 6) is 2.99. The average Bonchev–Trinajstić information content (AvgIpc) is 4.20. The highest BCUT2D eigenvalue weighted by Crippen LogP contribution is 2.45. The third kappa shape index (κ3) is 8.80. The van der Waals surface area contributed by atoms with Crippen molar-refractivity contribution in [2.24, 2.45) is 0 Å². The molecule has 6 heteroatoms. The van der Waals surface area contributed by atoms with Crippen LogP contribution < -0.4 is 4.74 Å². The molecule has 362 valence electrons. The van der Waals surface area contributed by atoms with Crippen molar-refractivity contribution < 1.29 is 9.15 Å². The number of ether oxygens (including phenoxy) is 1. The van der Waals surface area contributed by atoms with E-state index in [1.807, 2.05) is 73.7 Å². The molecule has 1 aliphatic heterocycles. The largest absolute Gasteiger partial charge is 0.488 e. The highest BCUT2D eigenvalue weighted by molar-refractivity contribution is 6.13. The van der Waals surface area contributed by atoms with Crippen molar-refractivity contribution >= 4 is 55.1 Å². The molecule has 0 saturated heterocycles. The van der Waals surface area contributed by atoms with Crippen molar-refractivity contribution in [2.75, 3.05) is 6.61 Å². The molecule has 12 rings (SSSR count). The maximum absolute atomic E-state index is 6.41. The molecule has 0 amide bonds. The molecule has 0 N–H and O–H groups in total. The lowest BCUT2D eigenvalue weighted by Gasteiger charge is -2.23. The summed E-state index contributed by atoms with van der Waals surface area (Å²) in [6, 6.07) is 57.8. The van der Waals surface area contributed by atoms with E-state index < -0.39 is 0 Å². The summed E-state index contributed by atoms with van der Waals surface area (Å²) >= 11 is 0. The smallest absolute Gasteiger partial charge is 0.164 e. The van der Waals surface area contributed by atoms with Crippen LogP contribution in [0.2, 0.25) is 0 Å². The Balaban J connectivity index is 1.14. The maximum Gasteiger partial charge on any atom is 0.164 e. The number of fused-ring (bicyclic) bond motifs is 5. The SMILES string of the molecule is C=C/C=C(\C=C)c1cc(-c2nc(C(/C=C\C)=C3/COc4ccccc43)nc(C(C=C)Cc3cc4ccccc4o3)n2)cc(C2=CCCC=C2)c1-n1c2ccc(-c3ccccc3)cc2c2cc(-c3ccccc3)ccc21. The van der Waals surface area contributed by atoms with Crippen LogP contribution in [0.25, 0.3) is 94.4 Å². The normalized spacial score (nSPS) is 14.5. The standard InChI is InChI=1S/C69H54N4O2/c1-5-22-45(7-3)57-42-53(68-70-67(46(8-4)38-54-39-52-30-18-20-32-64(52)75-54)71-69(72-68)56(23-6-2)61-44-74-65-33-21-19-31-55(61)65)43-58(49-28-16-11-17-29-49)66(57)73-62-36-34-50(47-24-12-9-13-25-47)40-59(62)60-41-51(35-37-63(60)73)48-26-14-10-15-27-48/h5-10,12-16,18-37,39-43,46H,1,3-4,11,17,38,44H2,2H3/b23-6-,45-22+,61-56-. The van der Waals surface area contributed by atoms with Gasteiger partial charge in [-0.1, -0.05) is 177 Å². The van der Waals surface area contributed by atoms with E-state index in [9.17, 15) is 0 Å². The van der Waals surface area contributed by atoms with Crippen molar-refractivity contribution in [3.63, 3.8) is 0 Å². The van der Waals surface area contributed by atoms with Crippen molar-refractivity contribution in [1.29, 1.82) is 0 Å². The van der Waals surface area contributed by atoms with Gasteiger partial charge in [0.2, 0.25) is 0 Å². The zero-order chi connectivity index (χ0) is 50.8. The molecule has 75 heavy (non-hydrogen) atoms. The van der Waals surface area contributed by atoms with Crippen molar-refractivity contribution in [3.8, 4) is 45.1 Å². The number of rotatable bonds is 14. The fourth-order valence-electron chi connectivity index (χ4n) is 10.7. The summed E-state index contributed by atoms with van der Waals surface area (Å²) in [7, 11) is 0. The van der Waals surface area contributed by atoms with Gasteiger partial charge in [-0.05, 0) is 108 Å². The van der Waals surface area contributed by atoms with Gasteiger partial charge in [0.1, 0.15) is 29.5 Å². The van der Waals surface area contributed by atoms with Gasteiger partial charge >= 0.3 is 0 Å². The molecule has 1 unspecified atom stereocenters. The van der Waals surface area contributed by atoms with Crippen LogP contribution in [-0.4, -0.2) is 26.1 Å². The van der Waals surface area contributed by atoms with E-state index in [1.165, 1.54) is 0 Å². The lowest BCUT2D eigenvalue weighted by atomic mass is 9.90. The predicted octanol–water partition coefficient (Wildman–Crippen LogP) is 17.6. The minimum atomic E-state index is -0.319. The van der Waals surface area contributed by atoms with E-state index in [-0.39, 0.29) is 5.92 Å². The Labute approximate surface area is 437 Å². The zero-order valence-corrected chi connectivity index (χ0v) is 41.9. The highest BCUT2D eigenvalue weighted by Gasteiger charge is 2.28. The second-order valence-electron chi connectivity index (χ2n) is 19.0. The predicted molar refractivity (Wildman–Crippen MR) is 312 cm³/mol. The molecule has 0 saturated carbocycles. The molecule has 4 heterocycles. The Morgan fingerprint density at radius 2 is 1.39 bits per heavy atom. The number of hydrogen-bond donors (Lipinski definition) is 0. The average molecular weight is 971 g/mol. The lowest BCUT2D eigenvalue weighted by molar-refractivity contribution is 0.388. The number of hydrogen-bond acceptors (Lipinski definition) is 5. The molecule has 3 aromatic heterocycles. The minimum Gasteiger partial charge on any atom is -0.488 e. The van der Waals surface area contributed by atoms with Crippen LogP contribution in [-0.2, 0) is 6.42 Å². The van der Waals surface area contributed by atoms with E-state index in [1.54, 1.807) is 0 Å². The quantitative estimate of drug-likeness (QED) is 0.0802. The molecule has 0 bridgehead atoms. The number of para-hydroxylation sites is 2. The first kappa shape index (κ1) is 46.7. The van der Waals surface area contributed by atoms with Crippen LogP contribution in [0.1, 0.15) is 59.8 Å². The lowest BCUT2D eigenvalue weighted by Crippen LogP contribution is -2.12. The van der Waals surface area contributed by atoms with Crippen LogP contribution in [0, 0.1) is 0 Å². The van der Waals surface area contributed by atoms with E-state index in [0.29, 0.717) is 30.5 Å². The monoisotopic (exact) mass is 970 g/mol. The van der Waals surface area contributed by atoms with Crippen LogP contribution in [0.3, 0.4) is 0 Å². The molecule has 10 aromatic rings. The number of benzene rings is 7. The van der Waals surface area contributed by atoms with Gasteiger partial charge in [-0.25, -0.2) is 15.0 Å². The highest BCUT2D eigenvalue weighted by atomic mass is 16.5. The van der Waals surface area contributed by atoms with Gasteiger partial charge < -0.3 is 13.7 Å². The summed E-state index contributed by atoms with van der Waals surface area (Å²) in [6.07, 6.45) is 21.1. The van der Waals surface area contributed by atoms with E-state index in [4.69, 9.17) is 24.1 Å². The molecule has 7 aromatic carbocycles. The van der Waals surface area contributed by atoms with Gasteiger partial charge in [0, 0.05) is 61.9 Å². The topological polar surface area (TPSA) is 66.0 Å². The summed E-state index contributed by atoms with van der Waals surface area (Å²) in [5.41, 5.74) is 16.4. The zero-order valence-electron chi connectivity index (χ0n) is 41.9. The molecular weight excluding hydrogens is 917 g/mol. The Morgan fingerprint density at radius 1 is 0.680 bits per heavy atom. The first-order valence-corrected chi connectivity index (χ1v) is 25.6. The van der Waals surface area contributed by atoms with E-state index in [0.717, 1.165) is 130 Å². The van der Waals surface area contributed by atoms with Gasteiger partial charge in [-0.15, -0.1) is 6.58 Å². The Hall–Kier alpha value is -9.39. The number of furan rings is 1. The van der Waals surface area contributed by atoms with Crippen LogP contribution >= 0.6 is 0 Å². The van der Waals surface area contributed by atoms with Crippen molar-refractivity contribution in [3.05, 3.63) is 272 Å². The summed E-state index contributed by atoms with van der Waals surface area (Å²) in [6.45, 7) is 15.4. The van der Waals surface area contributed by atoms with Crippen LogP contribution in [0.4, 0.5) is 0 Å². The Kier molecular flexibility index (Phi) is 12.6. The van der Waals surface area contributed by atoms with E-state index >= 15 is 0 Å². The molecule has 1 aliphatic carbocycles. The third-order valence-electron chi connectivity index (χ3n) is 14.4. The Morgan fingerprint density at radius 3 is 2.05 bits per heavy atom. The summed E-state index contributed by atoms with van der Waals surface area (Å²) in [5, 5.41) is 3.35. The van der Waals surface area contributed by atoms with Gasteiger partial charge in [0.05, 0.1) is 16.7 Å². The number of nitrogens with zero attached hydrogens (tertiary/aromatic N) is 4. The molecule has 0 spiro atoms. The fourth-order valence-corrected chi connectivity index (χ4v) is 10.7. The Bertz CT molecular complexity index is 3920. The fraction of sp³-hybridized carbons (Fsp3) is 0.0870. The summed E-state index contributed by atoms with van der Waals surface area (Å²) in [4.78, 5) is 16.3. The van der Waals surface area contributed by atoms with Gasteiger partial charge in [0.25, 0.3) is 0 Å².